The summed E-state index contributed by atoms with van der Waals surface area (Å²) in [5, 5.41) is 4.15. The molecule has 146 valence electrons. The van der Waals surface area contributed by atoms with Crippen molar-refractivity contribution in [3.63, 3.8) is 0 Å². The number of esters is 1. The van der Waals surface area contributed by atoms with Crippen molar-refractivity contribution < 1.29 is 14.3 Å². The van der Waals surface area contributed by atoms with E-state index in [0.717, 1.165) is 24.2 Å². The zero-order valence-electron chi connectivity index (χ0n) is 16.1. The van der Waals surface area contributed by atoms with Crippen molar-refractivity contribution in [2.24, 2.45) is 0 Å². The maximum atomic E-state index is 12.1. The van der Waals surface area contributed by atoms with Crippen LogP contribution in [0.5, 0.6) is 0 Å². The Kier molecular flexibility index (Phi) is 6.87. The average molecular weight is 371 g/mol. The summed E-state index contributed by atoms with van der Waals surface area (Å²) in [4.78, 5) is 29.1. The summed E-state index contributed by atoms with van der Waals surface area (Å²) < 4.78 is 4.60. The number of nitrogens with zero attached hydrogens (tertiary/aromatic N) is 1. The summed E-state index contributed by atoms with van der Waals surface area (Å²) in [5.41, 5.74) is 3.22. The highest BCUT2D eigenvalue weighted by Crippen LogP contribution is 2.23. The number of unbranched alkanes of at least 4 members (excludes halogenated alkanes) is 1. The van der Waals surface area contributed by atoms with Gasteiger partial charge in [-0.2, -0.15) is 0 Å². The Bertz CT molecular complexity index is 778. The van der Waals surface area contributed by atoms with Gasteiger partial charge in [0.15, 0.2) is 0 Å². The number of amides is 1. The summed E-state index contributed by atoms with van der Waals surface area (Å²) in [6.07, 6.45) is 7.83. The van der Waals surface area contributed by atoms with Gasteiger partial charge in [-0.3, -0.25) is 9.59 Å². The predicted molar refractivity (Wildman–Crippen MR) is 107 cm³/mol. The van der Waals surface area contributed by atoms with Gasteiger partial charge in [-0.25, -0.2) is 0 Å². The number of fused-ring (bicyclic) bond motifs is 1. The molecule has 0 saturated carbocycles. The third kappa shape index (κ3) is 5.57. The van der Waals surface area contributed by atoms with Crippen molar-refractivity contribution in [3.05, 3.63) is 30.0 Å². The van der Waals surface area contributed by atoms with Crippen molar-refractivity contribution >= 4 is 28.5 Å². The first-order valence-corrected chi connectivity index (χ1v) is 9.85. The van der Waals surface area contributed by atoms with Crippen LogP contribution in [-0.2, 0) is 20.7 Å². The Hall–Kier alpha value is -2.34. The highest BCUT2D eigenvalue weighted by molar-refractivity contribution is 5.94. The highest BCUT2D eigenvalue weighted by atomic mass is 16.5. The number of carbonyl (C=O) groups is 2. The number of hydrogen-bond donors (Lipinski definition) is 2. The van der Waals surface area contributed by atoms with Crippen LogP contribution >= 0.6 is 0 Å². The van der Waals surface area contributed by atoms with E-state index in [1.54, 1.807) is 0 Å². The first kappa shape index (κ1) is 19.4. The Labute approximate surface area is 160 Å². The minimum absolute atomic E-state index is 0.0200. The van der Waals surface area contributed by atoms with Crippen LogP contribution in [-0.4, -0.2) is 48.5 Å². The number of aromatic nitrogens is 1. The monoisotopic (exact) mass is 371 g/mol. The molecule has 27 heavy (non-hydrogen) atoms. The number of rotatable bonds is 9. The lowest BCUT2D eigenvalue weighted by atomic mass is 10.1. The van der Waals surface area contributed by atoms with E-state index in [-0.39, 0.29) is 11.9 Å². The Morgan fingerprint density at radius 1 is 1.19 bits per heavy atom. The molecule has 0 unspecified atom stereocenters. The number of aromatic amines is 1. The van der Waals surface area contributed by atoms with Gasteiger partial charge in [0, 0.05) is 42.2 Å². The zero-order valence-corrected chi connectivity index (χ0v) is 16.1. The van der Waals surface area contributed by atoms with E-state index in [0.29, 0.717) is 25.7 Å². The van der Waals surface area contributed by atoms with E-state index < -0.39 is 0 Å². The maximum Gasteiger partial charge on any atom is 0.305 e. The number of carbonyl (C=O) groups excluding carboxylic acids is 2. The fraction of sp³-hybridized carbons (Fsp3) is 0.524. The number of likely N-dealkylation sites (tertiary alicyclic amines) is 1. The number of methoxy groups -OCH3 is 1. The van der Waals surface area contributed by atoms with Crippen LogP contribution in [0.4, 0.5) is 5.69 Å². The Morgan fingerprint density at radius 3 is 2.74 bits per heavy atom. The van der Waals surface area contributed by atoms with E-state index in [2.05, 4.69) is 32.2 Å². The number of ether oxygens (including phenoxy) is 1. The van der Waals surface area contributed by atoms with Gasteiger partial charge in [-0.15, -0.1) is 0 Å². The van der Waals surface area contributed by atoms with Gasteiger partial charge in [0.2, 0.25) is 5.91 Å². The minimum Gasteiger partial charge on any atom is -0.469 e. The summed E-state index contributed by atoms with van der Waals surface area (Å²) in [7, 11) is 1.38. The van der Waals surface area contributed by atoms with Gasteiger partial charge in [0.25, 0.3) is 0 Å². The maximum absolute atomic E-state index is 12.1. The molecule has 2 N–H and O–H groups in total. The second-order valence-electron chi connectivity index (χ2n) is 7.20. The molecule has 1 aromatic heterocycles. The minimum atomic E-state index is -0.227. The molecular formula is C21H29N3O3. The van der Waals surface area contributed by atoms with E-state index in [4.69, 9.17) is 0 Å². The third-order valence-corrected chi connectivity index (χ3v) is 5.21. The molecule has 0 atom stereocenters. The lowest BCUT2D eigenvalue weighted by Gasteiger charge is -2.13. The molecule has 1 saturated heterocycles. The van der Waals surface area contributed by atoms with Crippen LogP contribution in [0.3, 0.4) is 0 Å². The lowest BCUT2D eigenvalue weighted by Crippen LogP contribution is -2.21. The summed E-state index contributed by atoms with van der Waals surface area (Å²) in [5.74, 6) is -0.247. The van der Waals surface area contributed by atoms with Gasteiger partial charge >= 0.3 is 5.97 Å². The van der Waals surface area contributed by atoms with E-state index in [1.807, 2.05) is 12.1 Å². The lowest BCUT2D eigenvalue weighted by molar-refractivity contribution is -0.140. The molecule has 0 bridgehead atoms. The first-order chi connectivity index (χ1) is 13.2. The number of anilines is 1. The van der Waals surface area contributed by atoms with E-state index in [9.17, 15) is 9.59 Å². The molecule has 2 heterocycles. The molecule has 3 rings (SSSR count). The molecule has 1 fully saturated rings. The largest absolute Gasteiger partial charge is 0.469 e. The van der Waals surface area contributed by atoms with E-state index >= 15 is 0 Å². The van der Waals surface area contributed by atoms with E-state index in [1.165, 1.54) is 44.0 Å². The molecule has 6 heteroatoms. The Morgan fingerprint density at radius 2 is 1.96 bits per heavy atom. The topological polar surface area (TPSA) is 74.4 Å². The normalized spacial score (nSPS) is 14.6. The molecule has 6 nitrogen and oxygen atoms in total. The number of nitrogens with one attached hydrogen (secondary N) is 2. The Balaban J connectivity index is 1.52. The summed E-state index contributed by atoms with van der Waals surface area (Å²) >= 11 is 0. The van der Waals surface area contributed by atoms with Crippen LogP contribution in [0.25, 0.3) is 10.9 Å². The second kappa shape index (κ2) is 9.55. The smallest absolute Gasteiger partial charge is 0.305 e. The summed E-state index contributed by atoms with van der Waals surface area (Å²) in [6, 6.07) is 5.99. The number of H-pyrrole nitrogens is 1. The summed E-state index contributed by atoms with van der Waals surface area (Å²) in [6.45, 7) is 3.50. The first-order valence-electron chi connectivity index (χ1n) is 9.85. The SMILES string of the molecule is COC(=O)CCCCC(=O)Nc1ccc2[nH]cc(CCN3CCCC3)c2c1. The van der Waals surface area contributed by atoms with Crippen molar-refractivity contribution in [3.8, 4) is 0 Å². The molecule has 0 spiro atoms. The van der Waals surface area contributed by atoms with Crippen LogP contribution in [0.1, 0.15) is 44.1 Å². The van der Waals surface area contributed by atoms with Gasteiger partial charge < -0.3 is 19.9 Å². The fourth-order valence-corrected chi connectivity index (χ4v) is 3.63. The zero-order chi connectivity index (χ0) is 19.1. The molecule has 2 aromatic rings. The average Bonchev–Trinajstić information content (AvgIpc) is 3.32. The van der Waals surface area contributed by atoms with Crippen molar-refractivity contribution in [2.45, 2.75) is 44.9 Å². The second-order valence-corrected chi connectivity index (χ2v) is 7.20. The molecule has 1 amide bonds. The van der Waals surface area contributed by atoms with Crippen molar-refractivity contribution in [1.29, 1.82) is 0 Å². The number of hydrogen-bond acceptors (Lipinski definition) is 4. The van der Waals surface area contributed by atoms with Crippen LogP contribution in [0.15, 0.2) is 24.4 Å². The molecule has 0 radical (unpaired) electrons. The molecule has 1 aliphatic heterocycles. The molecule has 1 aromatic carbocycles. The van der Waals surface area contributed by atoms with Gasteiger partial charge in [0.05, 0.1) is 7.11 Å². The standard InChI is InChI=1S/C21H29N3O3/c1-27-21(26)7-3-2-6-20(25)23-17-8-9-19-18(14-17)16(15-22-19)10-13-24-11-4-5-12-24/h8-9,14-15,22H,2-7,10-13H2,1H3,(H,23,25). The number of benzene rings is 1. The third-order valence-electron chi connectivity index (χ3n) is 5.21. The van der Waals surface area contributed by atoms with Gasteiger partial charge in [-0.1, -0.05) is 0 Å². The highest BCUT2D eigenvalue weighted by Gasteiger charge is 2.13. The fourth-order valence-electron chi connectivity index (χ4n) is 3.63. The quantitative estimate of drug-likeness (QED) is 0.523. The molecular weight excluding hydrogens is 342 g/mol. The van der Waals surface area contributed by atoms with Gasteiger partial charge in [0.1, 0.15) is 0 Å². The van der Waals surface area contributed by atoms with Crippen molar-refractivity contribution in [2.75, 3.05) is 32.1 Å². The molecule has 1 aliphatic rings. The van der Waals surface area contributed by atoms with Gasteiger partial charge in [-0.05, 0) is 69.0 Å². The van der Waals surface area contributed by atoms with Crippen molar-refractivity contribution in [1.82, 2.24) is 9.88 Å². The molecule has 0 aliphatic carbocycles. The van der Waals surface area contributed by atoms with Crippen LogP contribution < -0.4 is 5.32 Å². The van der Waals surface area contributed by atoms with Crippen LogP contribution in [0, 0.1) is 0 Å². The van der Waals surface area contributed by atoms with Crippen LogP contribution in [0.2, 0.25) is 0 Å². The predicted octanol–water partition coefficient (Wildman–Crippen LogP) is 3.48.